The maximum Gasteiger partial charge on any atom is 0.292 e. The quantitative estimate of drug-likeness (QED) is 0.622. The van der Waals surface area contributed by atoms with Gasteiger partial charge in [-0.25, -0.2) is 0 Å². The van der Waals surface area contributed by atoms with Crippen LogP contribution in [0.2, 0.25) is 0 Å². The monoisotopic (exact) mass is 235 g/mol. The molecule has 0 aromatic heterocycles. The molecule has 0 spiro atoms. The van der Waals surface area contributed by atoms with Crippen molar-refractivity contribution < 1.29 is 4.92 Å². The summed E-state index contributed by atoms with van der Waals surface area (Å²) in [6, 6.07) is 6.94. The summed E-state index contributed by atoms with van der Waals surface area (Å²) in [5.74, 6) is 0. The van der Waals surface area contributed by atoms with Gasteiger partial charge in [0.1, 0.15) is 5.69 Å². The average Bonchev–Trinajstić information content (AvgIpc) is 2.32. The predicted octanol–water partition coefficient (Wildman–Crippen LogP) is 2.28. The molecule has 0 heterocycles. The van der Waals surface area contributed by atoms with E-state index >= 15 is 0 Å². The number of nitro benzene ring substituents is 1. The molecule has 1 aromatic rings. The van der Waals surface area contributed by atoms with Gasteiger partial charge in [0.05, 0.1) is 4.92 Å². The third-order valence-electron chi connectivity index (χ3n) is 3.26. The normalized spacial score (nSPS) is 24.3. The lowest BCUT2D eigenvalue weighted by molar-refractivity contribution is -0.384. The highest BCUT2D eigenvalue weighted by atomic mass is 16.6. The van der Waals surface area contributed by atoms with Crippen LogP contribution in [0.25, 0.3) is 0 Å². The topological polar surface area (TPSA) is 81.2 Å². The maximum atomic E-state index is 10.9. The van der Waals surface area contributed by atoms with Gasteiger partial charge in [0, 0.05) is 18.2 Å². The molecule has 3 N–H and O–H groups in total. The highest BCUT2D eigenvalue weighted by Crippen LogP contribution is 2.27. The van der Waals surface area contributed by atoms with Gasteiger partial charge in [-0.05, 0) is 18.9 Å². The zero-order valence-electron chi connectivity index (χ0n) is 9.63. The van der Waals surface area contributed by atoms with Crippen LogP contribution in [-0.2, 0) is 0 Å². The summed E-state index contributed by atoms with van der Waals surface area (Å²) in [4.78, 5) is 10.5. The third kappa shape index (κ3) is 2.74. The molecule has 0 amide bonds. The van der Waals surface area contributed by atoms with Crippen molar-refractivity contribution in [1.29, 1.82) is 0 Å². The summed E-state index contributed by atoms with van der Waals surface area (Å²) in [5, 5.41) is 14.1. The number of benzene rings is 1. The van der Waals surface area contributed by atoms with Crippen molar-refractivity contribution >= 4 is 11.4 Å². The highest BCUT2D eigenvalue weighted by Gasteiger charge is 2.23. The van der Waals surface area contributed by atoms with Crippen LogP contribution >= 0.6 is 0 Å². The number of nitrogens with zero attached hydrogens (tertiary/aromatic N) is 1. The molecule has 2 atom stereocenters. The van der Waals surface area contributed by atoms with E-state index < -0.39 is 0 Å². The molecule has 1 aliphatic rings. The van der Waals surface area contributed by atoms with Crippen LogP contribution in [0.4, 0.5) is 11.4 Å². The largest absolute Gasteiger partial charge is 0.375 e. The molecule has 0 aliphatic heterocycles. The van der Waals surface area contributed by atoms with Gasteiger partial charge in [0.25, 0.3) is 5.69 Å². The van der Waals surface area contributed by atoms with Crippen molar-refractivity contribution in [3.8, 4) is 0 Å². The molecule has 1 fully saturated rings. The van der Waals surface area contributed by atoms with Crippen LogP contribution < -0.4 is 11.1 Å². The molecule has 5 nitrogen and oxygen atoms in total. The van der Waals surface area contributed by atoms with Crippen LogP contribution in [0.15, 0.2) is 24.3 Å². The molecule has 0 unspecified atom stereocenters. The highest BCUT2D eigenvalue weighted by molar-refractivity contribution is 5.61. The molecular weight excluding hydrogens is 218 g/mol. The van der Waals surface area contributed by atoms with E-state index in [-0.39, 0.29) is 22.7 Å². The lowest BCUT2D eigenvalue weighted by atomic mass is 9.91. The van der Waals surface area contributed by atoms with Crippen LogP contribution in [0.1, 0.15) is 25.7 Å². The standard InChI is InChI=1S/C12H17N3O2/c13-9-5-1-2-6-10(9)14-11-7-3-4-8-12(11)15(16)17/h3-4,7-10,14H,1-2,5-6,13H2/t9-,10-/m1/s1. The number of hydrogen-bond acceptors (Lipinski definition) is 4. The van der Waals surface area contributed by atoms with Crippen LogP contribution in [0, 0.1) is 10.1 Å². The third-order valence-corrected chi connectivity index (χ3v) is 3.26. The molecule has 92 valence electrons. The first kappa shape index (κ1) is 11.9. The van der Waals surface area contributed by atoms with Crippen molar-refractivity contribution in [2.45, 2.75) is 37.8 Å². The van der Waals surface area contributed by atoms with Crippen molar-refractivity contribution in [2.24, 2.45) is 5.73 Å². The van der Waals surface area contributed by atoms with E-state index in [2.05, 4.69) is 5.32 Å². The predicted molar refractivity (Wildman–Crippen MR) is 67.0 cm³/mol. The first-order chi connectivity index (χ1) is 8.18. The number of anilines is 1. The summed E-state index contributed by atoms with van der Waals surface area (Å²) in [6.07, 6.45) is 4.24. The maximum absolute atomic E-state index is 10.9. The lowest BCUT2D eigenvalue weighted by Crippen LogP contribution is -2.42. The number of nitro groups is 1. The molecule has 0 bridgehead atoms. The zero-order chi connectivity index (χ0) is 12.3. The van der Waals surface area contributed by atoms with Gasteiger partial charge in [-0.1, -0.05) is 25.0 Å². The average molecular weight is 235 g/mol. The molecule has 17 heavy (non-hydrogen) atoms. The van der Waals surface area contributed by atoms with Crippen molar-refractivity contribution in [3.63, 3.8) is 0 Å². The van der Waals surface area contributed by atoms with Crippen molar-refractivity contribution in [3.05, 3.63) is 34.4 Å². The number of rotatable bonds is 3. The molecular formula is C12H17N3O2. The zero-order valence-corrected chi connectivity index (χ0v) is 9.63. The fourth-order valence-electron chi connectivity index (χ4n) is 2.29. The minimum Gasteiger partial charge on any atom is -0.375 e. The Morgan fingerprint density at radius 3 is 2.71 bits per heavy atom. The van der Waals surface area contributed by atoms with E-state index in [1.165, 1.54) is 6.07 Å². The first-order valence-corrected chi connectivity index (χ1v) is 5.94. The smallest absolute Gasteiger partial charge is 0.292 e. The minimum absolute atomic E-state index is 0.0866. The second-order valence-corrected chi connectivity index (χ2v) is 4.47. The Labute approximate surface area is 100 Å². The Morgan fingerprint density at radius 2 is 2.00 bits per heavy atom. The van der Waals surface area contributed by atoms with Crippen molar-refractivity contribution in [2.75, 3.05) is 5.32 Å². The van der Waals surface area contributed by atoms with E-state index in [9.17, 15) is 10.1 Å². The fraction of sp³-hybridized carbons (Fsp3) is 0.500. The Balaban J connectivity index is 2.14. The van der Waals surface area contributed by atoms with Gasteiger partial charge >= 0.3 is 0 Å². The second-order valence-electron chi connectivity index (χ2n) is 4.47. The Morgan fingerprint density at radius 1 is 1.29 bits per heavy atom. The van der Waals surface area contributed by atoms with Gasteiger partial charge in [0.2, 0.25) is 0 Å². The van der Waals surface area contributed by atoms with Gasteiger partial charge in [-0.2, -0.15) is 0 Å². The Hall–Kier alpha value is -1.62. The molecule has 1 aromatic carbocycles. The molecule has 1 saturated carbocycles. The van der Waals surface area contributed by atoms with Crippen molar-refractivity contribution in [1.82, 2.24) is 0 Å². The minimum atomic E-state index is -0.364. The lowest BCUT2D eigenvalue weighted by Gasteiger charge is -2.29. The van der Waals surface area contributed by atoms with E-state index in [0.717, 1.165) is 25.7 Å². The van der Waals surface area contributed by atoms with E-state index in [4.69, 9.17) is 5.73 Å². The molecule has 0 radical (unpaired) electrons. The Kier molecular flexibility index (Phi) is 3.58. The number of nitrogens with one attached hydrogen (secondary N) is 1. The number of hydrogen-bond donors (Lipinski definition) is 2. The molecule has 5 heteroatoms. The molecule has 1 aliphatic carbocycles. The molecule has 0 saturated heterocycles. The number of nitrogens with two attached hydrogens (primary N) is 1. The van der Waals surface area contributed by atoms with Crippen LogP contribution in [0.3, 0.4) is 0 Å². The van der Waals surface area contributed by atoms with Gasteiger partial charge in [0.15, 0.2) is 0 Å². The van der Waals surface area contributed by atoms with E-state index in [0.29, 0.717) is 5.69 Å². The van der Waals surface area contributed by atoms with Gasteiger partial charge in [-0.3, -0.25) is 10.1 Å². The number of para-hydroxylation sites is 2. The summed E-state index contributed by atoms with van der Waals surface area (Å²) in [7, 11) is 0. The summed E-state index contributed by atoms with van der Waals surface area (Å²) in [5.41, 5.74) is 6.71. The fourth-order valence-corrected chi connectivity index (χ4v) is 2.29. The first-order valence-electron chi connectivity index (χ1n) is 5.94. The van der Waals surface area contributed by atoms with Crippen LogP contribution in [0.5, 0.6) is 0 Å². The van der Waals surface area contributed by atoms with E-state index in [1.54, 1.807) is 18.2 Å². The SMILES string of the molecule is N[C@@H]1CCCC[C@H]1Nc1ccccc1[N+](=O)[O-]. The molecule has 2 rings (SSSR count). The van der Waals surface area contributed by atoms with Gasteiger partial charge < -0.3 is 11.1 Å². The summed E-state index contributed by atoms with van der Waals surface area (Å²) >= 11 is 0. The summed E-state index contributed by atoms with van der Waals surface area (Å²) in [6.45, 7) is 0. The Bertz CT molecular complexity index is 408. The summed E-state index contributed by atoms with van der Waals surface area (Å²) < 4.78 is 0. The van der Waals surface area contributed by atoms with E-state index in [1.807, 2.05) is 0 Å². The van der Waals surface area contributed by atoms with Crippen LogP contribution in [-0.4, -0.2) is 17.0 Å². The van der Waals surface area contributed by atoms with Gasteiger partial charge in [-0.15, -0.1) is 0 Å². The second kappa shape index (κ2) is 5.14.